The Labute approximate surface area is 291 Å². The lowest BCUT2D eigenvalue weighted by Gasteiger charge is -2.45. The number of anilines is 1. The number of allylic oxidation sites excluding steroid dienone is 2. The largest absolute Gasteiger partial charge is 0.504 e. The van der Waals surface area contributed by atoms with E-state index in [1.807, 2.05) is 63.7 Å². The summed E-state index contributed by atoms with van der Waals surface area (Å²) in [5.41, 5.74) is -0.428. The Balaban J connectivity index is 1.94. The minimum absolute atomic E-state index is 0.00711. The summed E-state index contributed by atoms with van der Waals surface area (Å²) in [6.45, 7) is 13.6. The second-order valence-electron chi connectivity index (χ2n) is 12.4. The first kappa shape index (κ1) is 35.2. The van der Waals surface area contributed by atoms with Gasteiger partial charge in [0.1, 0.15) is 22.3 Å². The Bertz CT molecular complexity index is 2010. The highest BCUT2D eigenvalue weighted by Gasteiger charge is 2.37. The van der Waals surface area contributed by atoms with Crippen molar-refractivity contribution in [2.24, 2.45) is 5.92 Å². The Hall–Kier alpha value is -4.11. The van der Waals surface area contributed by atoms with Gasteiger partial charge in [0.05, 0.1) is 38.7 Å². The summed E-state index contributed by atoms with van der Waals surface area (Å²) in [5.74, 6) is -4.11. The van der Waals surface area contributed by atoms with Gasteiger partial charge in [0.25, 0.3) is 5.56 Å². The van der Waals surface area contributed by atoms with Crippen LogP contribution in [0.25, 0.3) is 28.0 Å². The number of fused-ring (bicyclic) bond motifs is 1. The van der Waals surface area contributed by atoms with E-state index in [-0.39, 0.29) is 76.0 Å². The molecule has 1 saturated heterocycles. The van der Waals surface area contributed by atoms with Crippen LogP contribution in [-0.2, 0) is 4.79 Å². The van der Waals surface area contributed by atoms with Crippen LogP contribution >= 0.6 is 34.8 Å². The van der Waals surface area contributed by atoms with Crippen molar-refractivity contribution in [2.75, 3.05) is 25.0 Å². The maximum Gasteiger partial charge on any atom is 0.276 e. The third-order valence-corrected chi connectivity index (χ3v) is 9.87. The van der Waals surface area contributed by atoms with Gasteiger partial charge in [-0.2, -0.15) is 5.26 Å². The number of phenolic OH excluding ortho intramolecular Hbond substituents is 1. The highest BCUT2D eigenvalue weighted by Crippen LogP contribution is 2.45. The van der Waals surface area contributed by atoms with E-state index in [0.717, 1.165) is 0 Å². The molecule has 0 radical (unpaired) electrons. The zero-order valence-electron chi connectivity index (χ0n) is 27.1. The van der Waals surface area contributed by atoms with Gasteiger partial charge in [-0.3, -0.25) is 14.2 Å². The standard InChI is InChI=1S/C34H33Cl3F2N6O3/c1-8-22(46)44-17(5)13-43(14-18(44)6)31-19-11-21(35)28(23-24(36)27(39)25(37)32(47)26(23)38)41-33(19)45(34(48)20(31)12-40)30-16(4)9-10-42(7)29(30)15(2)3/h8-11,15,17-18,29,47H,1,13-14H2,2-7H3/t17-,18+,29-/m1/s1. The minimum atomic E-state index is -1.36. The van der Waals surface area contributed by atoms with Gasteiger partial charge in [-0.05, 0) is 56.7 Å². The van der Waals surface area contributed by atoms with Crippen molar-refractivity contribution in [2.45, 2.75) is 52.7 Å². The molecule has 0 unspecified atom stereocenters. The van der Waals surface area contributed by atoms with E-state index in [0.29, 0.717) is 11.3 Å². The third-order valence-electron chi connectivity index (χ3n) is 8.88. The van der Waals surface area contributed by atoms with Gasteiger partial charge in [-0.25, -0.2) is 13.8 Å². The van der Waals surface area contributed by atoms with E-state index in [2.05, 4.69) is 17.6 Å². The van der Waals surface area contributed by atoms with Crippen LogP contribution < -0.4 is 10.5 Å². The second-order valence-corrected chi connectivity index (χ2v) is 13.6. The number of nitriles is 1. The monoisotopic (exact) mass is 716 g/mol. The number of benzene rings is 1. The number of nitrogens with zero attached hydrogens (tertiary/aromatic N) is 6. The van der Waals surface area contributed by atoms with Gasteiger partial charge in [0.15, 0.2) is 17.4 Å². The lowest BCUT2D eigenvalue weighted by atomic mass is 9.93. The van der Waals surface area contributed by atoms with Crippen LogP contribution in [0, 0.1) is 28.9 Å². The first-order valence-corrected chi connectivity index (χ1v) is 16.3. The molecule has 0 spiro atoms. The minimum Gasteiger partial charge on any atom is -0.504 e. The molecule has 3 aromatic rings. The number of aromatic nitrogens is 2. The van der Waals surface area contributed by atoms with Crippen LogP contribution in [-0.4, -0.2) is 68.6 Å². The Kier molecular flexibility index (Phi) is 9.58. The number of amides is 1. The highest BCUT2D eigenvalue weighted by atomic mass is 35.5. The van der Waals surface area contributed by atoms with E-state index >= 15 is 8.78 Å². The van der Waals surface area contributed by atoms with E-state index in [4.69, 9.17) is 34.8 Å². The molecular formula is C34H33Cl3F2N6O3. The molecule has 9 nitrogen and oxygen atoms in total. The van der Waals surface area contributed by atoms with Gasteiger partial charge in [0, 0.05) is 37.6 Å². The molecule has 2 aliphatic rings. The van der Waals surface area contributed by atoms with Gasteiger partial charge < -0.3 is 19.8 Å². The summed E-state index contributed by atoms with van der Waals surface area (Å²) < 4.78 is 32.0. The molecule has 4 heterocycles. The summed E-state index contributed by atoms with van der Waals surface area (Å²) >= 11 is 18.8. The number of hydrogen-bond donors (Lipinski definition) is 1. The van der Waals surface area contributed by atoms with Crippen molar-refractivity contribution >= 4 is 63.1 Å². The average Bonchev–Trinajstić information content (AvgIpc) is 3.03. The molecule has 14 heteroatoms. The number of likely N-dealkylation sites (N-methyl/N-ethyl adjacent to an activating group) is 1. The molecule has 1 aromatic carbocycles. The SMILES string of the molecule is C=CC(=O)N1[C@H](C)CN(c2c(C#N)c(=O)n(C3=C(C)C=CN(C)[C@@H]3C(C)C)c3nc(-c4c(F)c(O)c(Cl)c(F)c4Cl)c(Cl)cc23)C[C@@H]1C. The number of carbonyl (C=O) groups excluding carboxylic acids is 1. The third kappa shape index (κ3) is 5.50. The van der Waals surface area contributed by atoms with Gasteiger partial charge >= 0.3 is 0 Å². The molecule has 2 aromatic heterocycles. The fraction of sp³-hybridized carbons (Fsp3) is 0.353. The number of halogens is 5. The van der Waals surface area contributed by atoms with E-state index < -0.39 is 38.6 Å². The van der Waals surface area contributed by atoms with Crippen molar-refractivity contribution in [3.63, 3.8) is 0 Å². The number of piperazine rings is 1. The summed E-state index contributed by atoms with van der Waals surface area (Å²) in [6.07, 6.45) is 4.95. The number of aromatic hydroxyl groups is 1. The van der Waals surface area contributed by atoms with Crippen LogP contribution in [0.3, 0.4) is 0 Å². The van der Waals surface area contributed by atoms with Gasteiger partial charge in [0.2, 0.25) is 5.91 Å². The lowest BCUT2D eigenvalue weighted by Crippen LogP contribution is -2.58. The molecule has 0 bridgehead atoms. The van der Waals surface area contributed by atoms with Crippen LogP contribution in [0.4, 0.5) is 14.5 Å². The average molecular weight is 718 g/mol. The Morgan fingerprint density at radius 3 is 2.35 bits per heavy atom. The van der Waals surface area contributed by atoms with Crippen LogP contribution in [0.5, 0.6) is 5.75 Å². The number of carbonyl (C=O) groups is 1. The molecule has 0 aliphatic carbocycles. The summed E-state index contributed by atoms with van der Waals surface area (Å²) in [6, 6.07) is 2.48. The molecule has 3 atom stereocenters. The molecule has 2 aliphatic heterocycles. The molecular weight excluding hydrogens is 685 g/mol. The molecule has 1 N–H and O–H groups in total. The molecule has 48 heavy (non-hydrogen) atoms. The smallest absolute Gasteiger partial charge is 0.276 e. The maximum absolute atomic E-state index is 15.6. The first-order valence-electron chi connectivity index (χ1n) is 15.1. The number of rotatable bonds is 5. The number of phenols is 1. The summed E-state index contributed by atoms with van der Waals surface area (Å²) in [4.78, 5) is 37.5. The Morgan fingerprint density at radius 1 is 1.17 bits per heavy atom. The van der Waals surface area contributed by atoms with E-state index in [1.54, 1.807) is 4.90 Å². The molecule has 5 rings (SSSR count). The van der Waals surface area contributed by atoms with E-state index in [1.165, 1.54) is 16.7 Å². The van der Waals surface area contributed by atoms with Crippen molar-refractivity contribution in [3.8, 4) is 23.1 Å². The fourth-order valence-electron chi connectivity index (χ4n) is 6.90. The second kappa shape index (κ2) is 13.1. The Morgan fingerprint density at radius 2 is 1.79 bits per heavy atom. The van der Waals surface area contributed by atoms with Crippen LogP contribution in [0.15, 0.2) is 41.4 Å². The lowest BCUT2D eigenvalue weighted by molar-refractivity contribution is -0.130. The maximum atomic E-state index is 15.6. The van der Waals surface area contributed by atoms with Crippen molar-refractivity contribution in [3.05, 3.63) is 79.2 Å². The van der Waals surface area contributed by atoms with Gasteiger partial charge in [-0.1, -0.05) is 55.2 Å². The molecule has 1 fully saturated rings. The molecule has 252 valence electrons. The fourth-order valence-corrected chi connectivity index (χ4v) is 7.64. The van der Waals surface area contributed by atoms with Crippen molar-refractivity contribution < 1.29 is 18.7 Å². The molecule has 0 saturated carbocycles. The van der Waals surface area contributed by atoms with Gasteiger partial charge in [-0.15, -0.1) is 0 Å². The molecule has 1 amide bonds. The normalized spacial score (nSPS) is 19.8. The zero-order chi connectivity index (χ0) is 35.5. The predicted octanol–water partition coefficient (Wildman–Crippen LogP) is 7.21. The summed E-state index contributed by atoms with van der Waals surface area (Å²) in [7, 11) is 1.86. The van der Waals surface area contributed by atoms with Crippen LogP contribution in [0.2, 0.25) is 15.1 Å². The van der Waals surface area contributed by atoms with Crippen LogP contribution in [0.1, 0.15) is 40.2 Å². The predicted molar refractivity (Wildman–Crippen MR) is 185 cm³/mol. The number of hydrogen-bond acceptors (Lipinski definition) is 7. The van der Waals surface area contributed by atoms with Crippen molar-refractivity contribution in [1.82, 2.24) is 19.4 Å². The zero-order valence-corrected chi connectivity index (χ0v) is 29.3. The topological polar surface area (TPSA) is 106 Å². The van der Waals surface area contributed by atoms with Crippen molar-refractivity contribution in [1.29, 1.82) is 5.26 Å². The summed E-state index contributed by atoms with van der Waals surface area (Å²) in [5, 5.41) is 19.3. The highest BCUT2D eigenvalue weighted by molar-refractivity contribution is 6.39. The quantitative estimate of drug-likeness (QED) is 0.169. The van der Waals surface area contributed by atoms with E-state index in [9.17, 15) is 20.0 Å². The first-order chi connectivity index (χ1) is 22.6. The number of pyridine rings is 2.